The summed E-state index contributed by atoms with van der Waals surface area (Å²) in [7, 11) is 0. The van der Waals surface area contributed by atoms with Crippen LogP contribution in [0.3, 0.4) is 0 Å². The molecule has 1 aromatic rings. The summed E-state index contributed by atoms with van der Waals surface area (Å²) in [5.74, 6) is 0.0592. The first-order chi connectivity index (χ1) is 7.66. The summed E-state index contributed by atoms with van der Waals surface area (Å²) in [6, 6.07) is 3.65. The van der Waals surface area contributed by atoms with Gasteiger partial charge >= 0.3 is 0 Å². The Kier molecular flexibility index (Phi) is 3.00. The van der Waals surface area contributed by atoms with E-state index in [1.807, 2.05) is 0 Å². The molecule has 6 nitrogen and oxygen atoms in total. The lowest BCUT2D eigenvalue weighted by Crippen LogP contribution is -2.35. The van der Waals surface area contributed by atoms with Crippen LogP contribution >= 0.6 is 0 Å². The minimum atomic E-state index is -0.573. The molecule has 0 spiro atoms. The molecule has 0 aromatic carbocycles. The quantitative estimate of drug-likeness (QED) is 0.659. The van der Waals surface area contributed by atoms with Crippen molar-refractivity contribution in [3.63, 3.8) is 0 Å². The smallest absolute Gasteiger partial charge is 0.269 e. The molecule has 0 bridgehead atoms. The Hall–Kier alpha value is -1.69. The SMILES string of the molecule is NC(=O)c1ccc(NC2CCCC2N)nn1. The molecule has 0 saturated heterocycles. The highest BCUT2D eigenvalue weighted by Gasteiger charge is 2.23. The highest BCUT2D eigenvalue weighted by Crippen LogP contribution is 2.20. The Labute approximate surface area is 93.4 Å². The first kappa shape index (κ1) is 10.8. The summed E-state index contributed by atoms with van der Waals surface area (Å²) in [5.41, 5.74) is 11.2. The third-order valence-corrected chi connectivity index (χ3v) is 2.82. The molecule has 1 saturated carbocycles. The Morgan fingerprint density at radius 1 is 1.38 bits per heavy atom. The minimum Gasteiger partial charge on any atom is -0.364 e. The number of nitrogens with zero attached hydrogens (tertiary/aromatic N) is 2. The van der Waals surface area contributed by atoms with Gasteiger partial charge in [-0.1, -0.05) is 0 Å². The highest BCUT2D eigenvalue weighted by molar-refractivity contribution is 5.90. The average molecular weight is 221 g/mol. The number of aromatic nitrogens is 2. The van der Waals surface area contributed by atoms with Gasteiger partial charge in [0.2, 0.25) is 0 Å². The zero-order valence-electron chi connectivity index (χ0n) is 8.89. The molecule has 2 unspecified atom stereocenters. The molecule has 1 fully saturated rings. The molecule has 16 heavy (non-hydrogen) atoms. The van der Waals surface area contributed by atoms with Gasteiger partial charge in [0.05, 0.1) is 0 Å². The number of amides is 1. The predicted molar refractivity (Wildman–Crippen MR) is 59.8 cm³/mol. The molecule has 1 heterocycles. The van der Waals surface area contributed by atoms with Crippen molar-refractivity contribution in [3.8, 4) is 0 Å². The second-order valence-corrected chi connectivity index (χ2v) is 4.01. The van der Waals surface area contributed by atoms with Crippen molar-refractivity contribution in [2.45, 2.75) is 31.3 Å². The first-order valence-electron chi connectivity index (χ1n) is 5.32. The van der Waals surface area contributed by atoms with Gasteiger partial charge in [-0.05, 0) is 31.4 Å². The van der Waals surface area contributed by atoms with E-state index in [0.29, 0.717) is 5.82 Å². The number of nitrogens with one attached hydrogen (secondary N) is 1. The summed E-state index contributed by atoms with van der Waals surface area (Å²) >= 11 is 0. The molecule has 86 valence electrons. The zero-order valence-corrected chi connectivity index (χ0v) is 8.89. The third-order valence-electron chi connectivity index (χ3n) is 2.82. The largest absolute Gasteiger partial charge is 0.364 e. The fourth-order valence-corrected chi connectivity index (χ4v) is 1.90. The molecule has 1 aliphatic carbocycles. The van der Waals surface area contributed by atoms with Gasteiger partial charge in [-0.25, -0.2) is 0 Å². The second kappa shape index (κ2) is 4.44. The number of carbonyl (C=O) groups is 1. The maximum atomic E-state index is 10.8. The molecule has 2 rings (SSSR count). The summed E-state index contributed by atoms with van der Waals surface area (Å²) in [5, 5.41) is 10.8. The van der Waals surface area contributed by atoms with Crippen LogP contribution in [-0.4, -0.2) is 28.2 Å². The van der Waals surface area contributed by atoms with Gasteiger partial charge in [0, 0.05) is 12.1 Å². The summed E-state index contributed by atoms with van der Waals surface area (Å²) in [6.07, 6.45) is 3.20. The topological polar surface area (TPSA) is 107 Å². The Bertz CT molecular complexity index is 377. The Morgan fingerprint density at radius 2 is 2.19 bits per heavy atom. The van der Waals surface area contributed by atoms with Crippen LogP contribution in [-0.2, 0) is 0 Å². The lowest BCUT2D eigenvalue weighted by molar-refractivity contribution is 0.0994. The average Bonchev–Trinajstić information content (AvgIpc) is 2.65. The van der Waals surface area contributed by atoms with Crippen LogP contribution in [0.2, 0.25) is 0 Å². The monoisotopic (exact) mass is 221 g/mol. The number of hydrogen-bond donors (Lipinski definition) is 3. The van der Waals surface area contributed by atoms with Crippen LogP contribution in [0.4, 0.5) is 5.82 Å². The third kappa shape index (κ3) is 2.27. The second-order valence-electron chi connectivity index (χ2n) is 4.01. The molecule has 0 radical (unpaired) electrons. The molecule has 5 N–H and O–H groups in total. The normalized spacial score (nSPS) is 24.3. The van der Waals surface area contributed by atoms with E-state index < -0.39 is 5.91 Å². The molecule has 6 heteroatoms. The number of carbonyl (C=O) groups excluding carboxylic acids is 1. The van der Waals surface area contributed by atoms with E-state index in [1.165, 1.54) is 0 Å². The van der Waals surface area contributed by atoms with Crippen molar-refractivity contribution >= 4 is 11.7 Å². The lowest BCUT2D eigenvalue weighted by Gasteiger charge is -2.17. The fourth-order valence-electron chi connectivity index (χ4n) is 1.90. The van der Waals surface area contributed by atoms with Crippen LogP contribution in [0.25, 0.3) is 0 Å². The first-order valence-corrected chi connectivity index (χ1v) is 5.32. The maximum absolute atomic E-state index is 10.8. The van der Waals surface area contributed by atoms with Crippen molar-refractivity contribution in [2.24, 2.45) is 11.5 Å². The van der Waals surface area contributed by atoms with Crippen LogP contribution in [0.5, 0.6) is 0 Å². The van der Waals surface area contributed by atoms with E-state index in [4.69, 9.17) is 11.5 Å². The van der Waals surface area contributed by atoms with Gasteiger partial charge in [0.1, 0.15) is 5.82 Å². The van der Waals surface area contributed by atoms with Gasteiger partial charge in [-0.3, -0.25) is 4.79 Å². The molecule has 1 aliphatic rings. The van der Waals surface area contributed by atoms with Crippen molar-refractivity contribution in [3.05, 3.63) is 17.8 Å². The lowest BCUT2D eigenvalue weighted by atomic mass is 10.2. The molecule has 0 aliphatic heterocycles. The zero-order chi connectivity index (χ0) is 11.5. The number of hydrogen-bond acceptors (Lipinski definition) is 5. The summed E-state index contributed by atoms with van der Waals surface area (Å²) < 4.78 is 0. The van der Waals surface area contributed by atoms with Crippen LogP contribution in [0.1, 0.15) is 29.8 Å². The number of primary amides is 1. The molecule has 1 aromatic heterocycles. The van der Waals surface area contributed by atoms with Gasteiger partial charge in [-0.2, -0.15) is 0 Å². The van der Waals surface area contributed by atoms with Crippen molar-refractivity contribution < 1.29 is 4.79 Å². The summed E-state index contributed by atoms with van der Waals surface area (Å²) in [4.78, 5) is 10.8. The van der Waals surface area contributed by atoms with Crippen LogP contribution in [0, 0.1) is 0 Å². The number of rotatable bonds is 3. The van der Waals surface area contributed by atoms with Gasteiger partial charge in [0.15, 0.2) is 5.69 Å². The predicted octanol–water partition coefficient (Wildman–Crippen LogP) is -0.133. The maximum Gasteiger partial charge on any atom is 0.269 e. The van der Waals surface area contributed by atoms with Crippen molar-refractivity contribution in [1.29, 1.82) is 0 Å². The van der Waals surface area contributed by atoms with E-state index in [1.54, 1.807) is 12.1 Å². The van der Waals surface area contributed by atoms with Gasteiger partial charge in [-0.15, -0.1) is 10.2 Å². The highest BCUT2D eigenvalue weighted by atomic mass is 16.1. The van der Waals surface area contributed by atoms with E-state index in [9.17, 15) is 4.79 Å². The van der Waals surface area contributed by atoms with Gasteiger partial charge in [0.25, 0.3) is 5.91 Å². The van der Waals surface area contributed by atoms with Crippen molar-refractivity contribution in [1.82, 2.24) is 10.2 Å². The Balaban J connectivity index is 2.02. The van der Waals surface area contributed by atoms with E-state index >= 15 is 0 Å². The fraction of sp³-hybridized carbons (Fsp3) is 0.500. The number of anilines is 1. The Morgan fingerprint density at radius 3 is 2.69 bits per heavy atom. The minimum absolute atomic E-state index is 0.164. The van der Waals surface area contributed by atoms with E-state index in [-0.39, 0.29) is 17.8 Å². The standard InChI is InChI=1S/C10H15N5O/c11-6-2-1-3-7(6)13-9-5-4-8(10(12)16)14-15-9/h4-7H,1-3,11H2,(H2,12,16)(H,13,15). The molecule has 1 amide bonds. The van der Waals surface area contributed by atoms with E-state index in [0.717, 1.165) is 19.3 Å². The van der Waals surface area contributed by atoms with Gasteiger partial charge < -0.3 is 16.8 Å². The van der Waals surface area contributed by atoms with E-state index in [2.05, 4.69) is 15.5 Å². The molecule has 2 atom stereocenters. The number of nitrogens with two attached hydrogens (primary N) is 2. The van der Waals surface area contributed by atoms with Crippen LogP contribution in [0.15, 0.2) is 12.1 Å². The van der Waals surface area contributed by atoms with Crippen LogP contribution < -0.4 is 16.8 Å². The molecular weight excluding hydrogens is 206 g/mol. The van der Waals surface area contributed by atoms with Crippen molar-refractivity contribution in [2.75, 3.05) is 5.32 Å². The molecular formula is C10H15N5O. The summed E-state index contributed by atoms with van der Waals surface area (Å²) in [6.45, 7) is 0.